The molecular formula is C24H21FN2O3S. The molecule has 0 aliphatic carbocycles. The van der Waals surface area contributed by atoms with Gasteiger partial charge in [0.2, 0.25) is 15.9 Å². The van der Waals surface area contributed by atoms with Gasteiger partial charge >= 0.3 is 0 Å². The largest absolute Gasteiger partial charge is 0.439 e. The van der Waals surface area contributed by atoms with E-state index in [-0.39, 0.29) is 11.6 Å². The molecule has 3 aromatic carbocycles. The Morgan fingerprint density at radius 2 is 1.81 bits per heavy atom. The number of oxazole rings is 1. The average Bonchev–Trinajstić information content (AvgIpc) is 3.41. The number of sulfonamides is 1. The van der Waals surface area contributed by atoms with E-state index in [1.165, 1.54) is 16.4 Å². The molecule has 31 heavy (non-hydrogen) atoms. The quantitative estimate of drug-likeness (QED) is 0.426. The van der Waals surface area contributed by atoms with Crippen molar-refractivity contribution in [3.8, 4) is 11.1 Å². The van der Waals surface area contributed by atoms with Crippen LogP contribution in [0.4, 0.5) is 4.39 Å². The number of rotatable bonds is 5. The molecule has 0 saturated carbocycles. The summed E-state index contributed by atoms with van der Waals surface area (Å²) < 4.78 is 47.2. The summed E-state index contributed by atoms with van der Waals surface area (Å²) in [5.41, 5.74) is 3.54. The predicted octanol–water partition coefficient (Wildman–Crippen LogP) is 5.30. The predicted molar refractivity (Wildman–Crippen MR) is 117 cm³/mol. The molecule has 5 rings (SSSR count). The minimum atomic E-state index is -3.51. The molecule has 0 radical (unpaired) electrons. The van der Waals surface area contributed by atoms with Crippen LogP contribution in [0.2, 0.25) is 0 Å². The van der Waals surface area contributed by atoms with E-state index in [1.54, 1.807) is 12.1 Å². The Kier molecular flexibility index (Phi) is 5.08. The zero-order chi connectivity index (χ0) is 21.4. The smallest absolute Gasteiger partial charge is 0.219 e. The lowest BCUT2D eigenvalue weighted by atomic mass is 10.1. The number of hydrogen-bond acceptors (Lipinski definition) is 4. The van der Waals surface area contributed by atoms with E-state index < -0.39 is 16.1 Å². The SMILES string of the molecule is O=S(=O)(Cc1ccccc1)N1CCCC1c1nc2cc(-c3cccc(F)c3)ccc2o1. The van der Waals surface area contributed by atoms with Crippen molar-refractivity contribution in [1.82, 2.24) is 9.29 Å². The van der Waals surface area contributed by atoms with E-state index in [9.17, 15) is 12.8 Å². The van der Waals surface area contributed by atoms with Gasteiger partial charge in [-0.3, -0.25) is 0 Å². The number of aromatic nitrogens is 1. The molecule has 1 atom stereocenters. The van der Waals surface area contributed by atoms with Crippen LogP contribution >= 0.6 is 0 Å². The van der Waals surface area contributed by atoms with E-state index in [4.69, 9.17) is 4.42 Å². The van der Waals surface area contributed by atoms with Gasteiger partial charge in [0.25, 0.3) is 0 Å². The molecule has 0 N–H and O–H groups in total. The molecule has 1 fully saturated rings. The Morgan fingerprint density at radius 1 is 1.00 bits per heavy atom. The van der Waals surface area contributed by atoms with Gasteiger partial charge in [-0.05, 0) is 53.8 Å². The van der Waals surface area contributed by atoms with Gasteiger partial charge in [0, 0.05) is 6.54 Å². The molecule has 0 bridgehead atoms. The van der Waals surface area contributed by atoms with Crippen molar-refractivity contribution in [3.63, 3.8) is 0 Å². The fourth-order valence-corrected chi connectivity index (χ4v) is 5.89. The van der Waals surface area contributed by atoms with Crippen molar-refractivity contribution in [2.24, 2.45) is 0 Å². The van der Waals surface area contributed by atoms with Gasteiger partial charge in [0.05, 0.1) is 5.75 Å². The molecule has 1 aliphatic heterocycles. The number of fused-ring (bicyclic) bond motifs is 1. The molecule has 1 aromatic heterocycles. The van der Waals surface area contributed by atoms with Crippen LogP contribution in [0.3, 0.4) is 0 Å². The van der Waals surface area contributed by atoms with Crippen molar-refractivity contribution in [2.75, 3.05) is 6.54 Å². The first-order chi connectivity index (χ1) is 15.0. The fraction of sp³-hybridized carbons (Fsp3) is 0.208. The van der Waals surface area contributed by atoms with Gasteiger partial charge in [-0.25, -0.2) is 17.8 Å². The maximum atomic E-state index is 13.6. The molecule has 1 aliphatic rings. The van der Waals surface area contributed by atoms with Gasteiger partial charge in [0.1, 0.15) is 17.4 Å². The van der Waals surface area contributed by atoms with Gasteiger partial charge in [-0.15, -0.1) is 0 Å². The topological polar surface area (TPSA) is 63.4 Å². The van der Waals surface area contributed by atoms with Crippen LogP contribution in [0.15, 0.2) is 77.2 Å². The van der Waals surface area contributed by atoms with Crippen LogP contribution in [0.5, 0.6) is 0 Å². The maximum Gasteiger partial charge on any atom is 0.219 e. The van der Waals surface area contributed by atoms with E-state index in [2.05, 4.69) is 4.98 Å². The Labute approximate surface area is 180 Å². The van der Waals surface area contributed by atoms with Gasteiger partial charge in [0.15, 0.2) is 5.58 Å². The second kappa shape index (κ2) is 7.90. The number of nitrogens with zero attached hydrogens (tertiary/aromatic N) is 2. The summed E-state index contributed by atoms with van der Waals surface area (Å²) >= 11 is 0. The zero-order valence-corrected chi connectivity index (χ0v) is 17.6. The highest BCUT2D eigenvalue weighted by atomic mass is 32.2. The summed E-state index contributed by atoms with van der Waals surface area (Å²) in [4.78, 5) is 4.61. The molecule has 5 nitrogen and oxygen atoms in total. The van der Waals surface area contributed by atoms with E-state index >= 15 is 0 Å². The first-order valence-electron chi connectivity index (χ1n) is 10.2. The Morgan fingerprint density at radius 3 is 2.61 bits per heavy atom. The molecule has 1 unspecified atom stereocenters. The standard InChI is InChI=1S/C24H21FN2O3S/c25-20-9-4-8-18(14-20)19-11-12-23-21(15-19)26-24(30-23)22-10-5-13-27(22)31(28,29)16-17-6-2-1-3-7-17/h1-4,6-9,11-12,14-15,22H,5,10,13,16H2. The lowest BCUT2D eigenvalue weighted by molar-refractivity contribution is 0.337. The zero-order valence-electron chi connectivity index (χ0n) is 16.7. The van der Waals surface area contributed by atoms with Crippen molar-refractivity contribution in [1.29, 1.82) is 0 Å². The summed E-state index contributed by atoms with van der Waals surface area (Å²) in [5.74, 6) is 0.0538. The molecule has 0 spiro atoms. The van der Waals surface area contributed by atoms with Crippen molar-refractivity contribution >= 4 is 21.1 Å². The van der Waals surface area contributed by atoms with Crippen LogP contribution in [0.1, 0.15) is 30.3 Å². The van der Waals surface area contributed by atoms with E-state index in [0.29, 0.717) is 30.0 Å². The van der Waals surface area contributed by atoms with Gasteiger partial charge < -0.3 is 4.42 Å². The molecule has 4 aromatic rings. The number of benzene rings is 3. The van der Waals surface area contributed by atoms with Crippen LogP contribution in [0, 0.1) is 5.82 Å². The molecule has 158 valence electrons. The third kappa shape index (κ3) is 3.98. The fourth-order valence-electron chi connectivity index (χ4n) is 4.12. The third-order valence-corrected chi connectivity index (χ3v) is 7.45. The number of halogens is 1. The van der Waals surface area contributed by atoms with Gasteiger partial charge in [-0.1, -0.05) is 48.5 Å². The first-order valence-corrected chi connectivity index (χ1v) is 11.8. The lowest BCUT2D eigenvalue weighted by Gasteiger charge is -2.21. The van der Waals surface area contributed by atoms with Crippen LogP contribution in [0.25, 0.3) is 22.2 Å². The van der Waals surface area contributed by atoms with Crippen LogP contribution in [-0.4, -0.2) is 24.3 Å². The van der Waals surface area contributed by atoms with Gasteiger partial charge in [-0.2, -0.15) is 4.31 Å². The normalized spacial score (nSPS) is 17.4. The average molecular weight is 437 g/mol. The molecule has 2 heterocycles. The second-order valence-electron chi connectivity index (χ2n) is 7.76. The Bertz CT molecular complexity index is 1340. The summed E-state index contributed by atoms with van der Waals surface area (Å²) in [7, 11) is -3.51. The van der Waals surface area contributed by atoms with Crippen LogP contribution in [-0.2, 0) is 15.8 Å². The summed E-state index contributed by atoms with van der Waals surface area (Å²) in [6.45, 7) is 0.451. The lowest BCUT2D eigenvalue weighted by Crippen LogP contribution is -2.31. The maximum absolute atomic E-state index is 13.6. The highest BCUT2D eigenvalue weighted by Crippen LogP contribution is 2.37. The van der Waals surface area contributed by atoms with E-state index in [0.717, 1.165) is 23.1 Å². The van der Waals surface area contributed by atoms with E-state index in [1.807, 2.05) is 48.5 Å². The van der Waals surface area contributed by atoms with Crippen LogP contribution < -0.4 is 0 Å². The first kappa shape index (κ1) is 19.9. The second-order valence-corrected chi connectivity index (χ2v) is 9.68. The molecule has 0 amide bonds. The molecule has 7 heteroatoms. The summed E-state index contributed by atoms with van der Waals surface area (Å²) in [6, 6.07) is 20.6. The monoisotopic (exact) mass is 436 g/mol. The van der Waals surface area contributed by atoms with Crippen molar-refractivity contribution in [3.05, 3.63) is 90.1 Å². The minimum Gasteiger partial charge on any atom is -0.439 e. The Balaban J connectivity index is 1.45. The summed E-state index contributed by atoms with van der Waals surface area (Å²) in [5, 5.41) is 0. The minimum absolute atomic E-state index is 0.0473. The van der Waals surface area contributed by atoms with Crippen molar-refractivity contribution in [2.45, 2.75) is 24.6 Å². The summed E-state index contributed by atoms with van der Waals surface area (Å²) in [6.07, 6.45) is 1.42. The highest BCUT2D eigenvalue weighted by molar-refractivity contribution is 7.88. The van der Waals surface area contributed by atoms with Crippen molar-refractivity contribution < 1.29 is 17.2 Å². The third-order valence-electron chi connectivity index (χ3n) is 5.60. The highest BCUT2D eigenvalue weighted by Gasteiger charge is 2.38. The molecular weight excluding hydrogens is 415 g/mol. The molecule has 1 saturated heterocycles. The number of hydrogen-bond donors (Lipinski definition) is 0. The Hall–Kier alpha value is -3.03.